The highest BCUT2D eigenvalue weighted by Gasteiger charge is 2.21. The van der Waals surface area contributed by atoms with Crippen LogP contribution in [0.4, 0.5) is 4.39 Å². The van der Waals surface area contributed by atoms with Crippen LogP contribution in [-0.4, -0.2) is 39.6 Å². The quantitative estimate of drug-likeness (QED) is 0.615. The molecule has 31 heavy (non-hydrogen) atoms. The van der Waals surface area contributed by atoms with Gasteiger partial charge in [0.15, 0.2) is 0 Å². The maximum Gasteiger partial charge on any atom is 0.256 e. The van der Waals surface area contributed by atoms with Gasteiger partial charge in [-0.15, -0.1) is 0 Å². The topological polar surface area (TPSA) is 67.2 Å². The third kappa shape index (κ3) is 4.94. The summed E-state index contributed by atoms with van der Waals surface area (Å²) in [6, 6.07) is 12.9. The van der Waals surface area contributed by atoms with Crippen molar-refractivity contribution in [2.45, 2.75) is 33.4 Å². The zero-order valence-electron chi connectivity index (χ0n) is 17.8. The van der Waals surface area contributed by atoms with E-state index in [2.05, 4.69) is 10.4 Å². The van der Waals surface area contributed by atoms with Gasteiger partial charge in [0.2, 0.25) is 0 Å². The Kier molecular flexibility index (Phi) is 6.75. The molecule has 162 valence electrons. The number of aromatic nitrogens is 2. The van der Waals surface area contributed by atoms with E-state index in [1.165, 1.54) is 28.9 Å². The predicted molar refractivity (Wildman–Crippen MR) is 118 cm³/mol. The number of hydrogen-bond donors (Lipinski definition) is 1. The minimum absolute atomic E-state index is 0.0544. The molecule has 0 aliphatic rings. The molecule has 0 fully saturated rings. The molecule has 0 radical (unpaired) electrons. The number of aryl methyl sites for hydroxylation is 1. The van der Waals surface area contributed by atoms with Crippen molar-refractivity contribution in [3.05, 3.63) is 81.9 Å². The maximum absolute atomic E-state index is 13.2. The van der Waals surface area contributed by atoms with Crippen LogP contribution in [-0.2, 0) is 6.54 Å². The van der Waals surface area contributed by atoms with Crippen LogP contribution < -0.4 is 5.32 Å². The van der Waals surface area contributed by atoms with E-state index in [4.69, 9.17) is 11.6 Å². The van der Waals surface area contributed by atoms with Crippen molar-refractivity contribution in [3.8, 4) is 5.69 Å². The fourth-order valence-corrected chi connectivity index (χ4v) is 3.34. The zero-order valence-corrected chi connectivity index (χ0v) is 18.6. The van der Waals surface area contributed by atoms with Crippen molar-refractivity contribution in [1.29, 1.82) is 0 Å². The molecule has 3 aromatic rings. The van der Waals surface area contributed by atoms with Crippen LogP contribution in [0, 0.1) is 12.7 Å². The van der Waals surface area contributed by atoms with Crippen molar-refractivity contribution >= 4 is 23.4 Å². The monoisotopic (exact) mass is 442 g/mol. The summed E-state index contributed by atoms with van der Waals surface area (Å²) in [6.07, 6.45) is 0. The fraction of sp³-hybridized carbons (Fsp3) is 0.261. The molecule has 1 N–H and O–H groups in total. The summed E-state index contributed by atoms with van der Waals surface area (Å²) in [4.78, 5) is 26.8. The van der Waals surface area contributed by atoms with Gasteiger partial charge in [0.05, 0.1) is 16.9 Å². The van der Waals surface area contributed by atoms with Crippen LogP contribution in [0.1, 0.15) is 45.8 Å². The third-order valence-electron chi connectivity index (χ3n) is 5.05. The number of halogens is 2. The number of amides is 2. The lowest BCUT2D eigenvalue weighted by atomic mass is 10.1. The van der Waals surface area contributed by atoms with Gasteiger partial charge in [-0.3, -0.25) is 9.59 Å². The van der Waals surface area contributed by atoms with Crippen molar-refractivity contribution in [2.75, 3.05) is 7.05 Å². The zero-order chi connectivity index (χ0) is 22.7. The Labute approximate surface area is 185 Å². The SMILES string of the molecule is Cc1nn(-c2ccc(F)cc2)c(Cl)c1C(=O)NCc1ccc(C(=O)N(C)C(C)C)cc1. The van der Waals surface area contributed by atoms with E-state index in [9.17, 15) is 14.0 Å². The summed E-state index contributed by atoms with van der Waals surface area (Å²) in [5.41, 5.74) is 2.71. The van der Waals surface area contributed by atoms with E-state index in [1.54, 1.807) is 43.1 Å². The molecule has 0 saturated heterocycles. The first-order valence-electron chi connectivity index (χ1n) is 9.84. The van der Waals surface area contributed by atoms with Crippen LogP contribution in [0.15, 0.2) is 48.5 Å². The molecular formula is C23H24ClFN4O2. The van der Waals surface area contributed by atoms with E-state index in [1.807, 2.05) is 13.8 Å². The Morgan fingerprint density at radius 2 is 1.74 bits per heavy atom. The Hall–Kier alpha value is -3.19. The van der Waals surface area contributed by atoms with E-state index < -0.39 is 0 Å². The van der Waals surface area contributed by atoms with Crippen molar-refractivity contribution in [3.63, 3.8) is 0 Å². The molecule has 3 rings (SSSR count). The van der Waals surface area contributed by atoms with Gasteiger partial charge >= 0.3 is 0 Å². The van der Waals surface area contributed by atoms with Gasteiger partial charge in [-0.25, -0.2) is 9.07 Å². The molecule has 0 unspecified atom stereocenters. The molecule has 0 aliphatic carbocycles. The second-order valence-electron chi connectivity index (χ2n) is 7.53. The van der Waals surface area contributed by atoms with Gasteiger partial charge in [-0.2, -0.15) is 5.10 Å². The molecule has 8 heteroatoms. The predicted octanol–water partition coefficient (Wildman–Crippen LogP) is 4.38. The highest BCUT2D eigenvalue weighted by molar-refractivity contribution is 6.33. The summed E-state index contributed by atoms with van der Waals surface area (Å²) in [7, 11) is 1.76. The summed E-state index contributed by atoms with van der Waals surface area (Å²) in [6.45, 7) is 5.86. The second kappa shape index (κ2) is 9.31. The van der Waals surface area contributed by atoms with E-state index in [0.29, 0.717) is 16.9 Å². The Bertz CT molecular complexity index is 1090. The van der Waals surface area contributed by atoms with Gasteiger partial charge < -0.3 is 10.2 Å². The normalized spacial score (nSPS) is 10.9. The molecule has 0 spiro atoms. The molecule has 1 heterocycles. The lowest BCUT2D eigenvalue weighted by Gasteiger charge is -2.21. The smallest absolute Gasteiger partial charge is 0.256 e. The number of nitrogens with zero attached hydrogens (tertiary/aromatic N) is 3. The first kappa shape index (κ1) is 22.5. The Balaban J connectivity index is 1.70. The van der Waals surface area contributed by atoms with E-state index in [-0.39, 0.29) is 40.9 Å². The lowest BCUT2D eigenvalue weighted by Crippen LogP contribution is -2.32. The Morgan fingerprint density at radius 1 is 1.13 bits per heavy atom. The molecule has 1 aromatic heterocycles. The molecule has 2 aromatic carbocycles. The average Bonchev–Trinajstić information content (AvgIpc) is 3.05. The summed E-state index contributed by atoms with van der Waals surface area (Å²) in [5, 5.41) is 7.29. The average molecular weight is 443 g/mol. The van der Waals surface area contributed by atoms with E-state index in [0.717, 1.165) is 5.56 Å². The van der Waals surface area contributed by atoms with Gasteiger partial charge in [0.1, 0.15) is 11.0 Å². The number of carbonyl (C=O) groups excluding carboxylic acids is 2. The molecule has 6 nitrogen and oxygen atoms in total. The minimum atomic E-state index is -0.370. The van der Waals surface area contributed by atoms with Crippen LogP contribution in [0.25, 0.3) is 5.69 Å². The molecule has 0 bridgehead atoms. The van der Waals surface area contributed by atoms with Crippen molar-refractivity contribution in [2.24, 2.45) is 0 Å². The van der Waals surface area contributed by atoms with E-state index >= 15 is 0 Å². The molecular weight excluding hydrogens is 419 g/mol. The third-order valence-corrected chi connectivity index (χ3v) is 5.40. The minimum Gasteiger partial charge on any atom is -0.348 e. The first-order valence-corrected chi connectivity index (χ1v) is 10.2. The largest absolute Gasteiger partial charge is 0.348 e. The lowest BCUT2D eigenvalue weighted by molar-refractivity contribution is 0.0754. The van der Waals surface area contributed by atoms with Gasteiger partial charge in [-0.1, -0.05) is 23.7 Å². The van der Waals surface area contributed by atoms with Crippen LogP contribution in [0.2, 0.25) is 5.15 Å². The standard InChI is InChI=1S/C23H24ClFN4O2/c1-14(2)28(4)23(31)17-7-5-16(6-8-17)13-26-22(30)20-15(3)27-29(21(20)24)19-11-9-18(25)10-12-19/h5-12,14H,13H2,1-4H3,(H,26,30). The number of nitrogens with one attached hydrogen (secondary N) is 1. The Morgan fingerprint density at radius 3 is 2.32 bits per heavy atom. The summed E-state index contributed by atoms with van der Waals surface area (Å²) < 4.78 is 14.6. The molecule has 0 saturated carbocycles. The van der Waals surface area contributed by atoms with Crippen LogP contribution in [0.3, 0.4) is 0 Å². The van der Waals surface area contributed by atoms with Gasteiger partial charge in [-0.05, 0) is 62.7 Å². The number of benzene rings is 2. The van der Waals surface area contributed by atoms with Crippen molar-refractivity contribution < 1.29 is 14.0 Å². The fourth-order valence-electron chi connectivity index (χ4n) is 2.98. The number of carbonyl (C=O) groups is 2. The summed E-state index contributed by atoms with van der Waals surface area (Å²) >= 11 is 6.40. The van der Waals surface area contributed by atoms with Crippen LogP contribution in [0.5, 0.6) is 0 Å². The molecule has 0 atom stereocenters. The van der Waals surface area contributed by atoms with Gasteiger partial charge in [0.25, 0.3) is 11.8 Å². The number of hydrogen-bond acceptors (Lipinski definition) is 3. The molecule has 0 aliphatic heterocycles. The highest BCUT2D eigenvalue weighted by Crippen LogP contribution is 2.24. The highest BCUT2D eigenvalue weighted by atomic mass is 35.5. The maximum atomic E-state index is 13.2. The second-order valence-corrected chi connectivity index (χ2v) is 7.89. The van der Waals surface area contributed by atoms with Crippen molar-refractivity contribution in [1.82, 2.24) is 20.0 Å². The van der Waals surface area contributed by atoms with Crippen LogP contribution >= 0.6 is 11.6 Å². The number of rotatable bonds is 6. The molecule has 2 amide bonds. The van der Waals surface area contributed by atoms with Gasteiger partial charge in [0, 0.05) is 25.2 Å². The summed E-state index contributed by atoms with van der Waals surface area (Å²) in [5.74, 6) is -0.790. The first-order chi connectivity index (χ1) is 14.7.